The van der Waals surface area contributed by atoms with Crippen LogP contribution in [0.25, 0.3) is 0 Å². The number of fused-ring (bicyclic) bond motifs is 1. The lowest BCUT2D eigenvalue weighted by Crippen LogP contribution is -2.37. The minimum atomic E-state index is -0.0187. The van der Waals surface area contributed by atoms with Gasteiger partial charge in [0.2, 0.25) is 5.91 Å². The van der Waals surface area contributed by atoms with Crippen LogP contribution in [0.2, 0.25) is 0 Å². The molecule has 1 fully saturated rings. The maximum absolute atomic E-state index is 13.2. The Kier molecular flexibility index (Phi) is 5.50. The fourth-order valence-electron chi connectivity index (χ4n) is 4.37. The molecular weight excluding hydrogens is 352 g/mol. The van der Waals surface area contributed by atoms with Crippen LogP contribution in [0.3, 0.4) is 0 Å². The van der Waals surface area contributed by atoms with Gasteiger partial charge in [-0.3, -0.25) is 9.89 Å². The van der Waals surface area contributed by atoms with Gasteiger partial charge in [0, 0.05) is 44.5 Å². The molecule has 4 rings (SSSR count). The molecule has 7 heteroatoms. The van der Waals surface area contributed by atoms with Crippen molar-refractivity contribution >= 4 is 17.4 Å². The number of aromatic amines is 1. The standard InChI is InChI=1S/C21H30N6O/c1-26(2)20-9-8-16(13-22-20)24-15-5-4-11-27(12-10-15)21(28)17-6-3-7-19-18(17)14-23-25-19/h8-9,13-15,17,24H,3-7,10-12H2,1-2H3,(H,23,25). The molecule has 0 bridgehead atoms. The molecule has 0 saturated carbocycles. The molecule has 7 nitrogen and oxygen atoms in total. The predicted molar refractivity (Wildman–Crippen MR) is 111 cm³/mol. The summed E-state index contributed by atoms with van der Waals surface area (Å²) < 4.78 is 0. The molecule has 0 radical (unpaired) electrons. The van der Waals surface area contributed by atoms with Crippen molar-refractivity contribution in [1.82, 2.24) is 20.1 Å². The van der Waals surface area contributed by atoms with E-state index >= 15 is 0 Å². The van der Waals surface area contributed by atoms with Gasteiger partial charge < -0.3 is 15.1 Å². The van der Waals surface area contributed by atoms with E-state index in [1.807, 2.05) is 37.5 Å². The van der Waals surface area contributed by atoms with Crippen LogP contribution in [0.1, 0.15) is 49.3 Å². The summed E-state index contributed by atoms with van der Waals surface area (Å²) in [6.07, 6.45) is 9.80. The molecule has 2 unspecified atom stereocenters. The number of rotatable bonds is 4. The van der Waals surface area contributed by atoms with Crippen LogP contribution < -0.4 is 10.2 Å². The number of aromatic nitrogens is 3. The molecule has 150 valence electrons. The molecule has 0 aromatic carbocycles. The van der Waals surface area contributed by atoms with E-state index in [0.717, 1.165) is 74.4 Å². The Balaban J connectivity index is 1.36. The number of carbonyl (C=O) groups excluding carboxylic acids is 1. The monoisotopic (exact) mass is 382 g/mol. The van der Waals surface area contributed by atoms with E-state index in [9.17, 15) is 4.79 Å². The largest absolute Gasteiger partial charge is 0.381 e. The molecular formula is C21H30N6O. The summed E-state index contributed by atoms with van der Waals surface area (Å²) in [5.74, 6) is 1.21. The molecule has 1 amide bonds. The number of aryl methyl sites for hydroxylation is 1. The minimum Gasteiger partial charge on any atom is -0.381 e. The summed E-state index contributed by atoms with van der Waals surface area (Å²) in [6, 6.07) is 4.49. The zero-order valence-corrected chi connectivity index (χ0v) is 16.8. The Hall–Kier alpha value is -2.57. The third kappa shape index (κ3) is 3.98. The second-order valence-electron chi connectivity index (χ2n) is 8.15. The lowest BCUT2D eigenvalue weighted by Gasteiger charge is -2.28. The number of hydrogen-bond donors (Lipinski definition) is 2. The highest BCUT2D eigenvalue weighted by Gasteiger charge is 2.32. The Bertz CT molecular complexity index is 799. The summed E-state index contributed by atoms with van der Waals surface area (Å²) >= 11 is 0. The number of pyridine rings is 1. The fraction of sp³-hybridized carbons (Fsp3) is 0.571. The lowest BCUT2D eigenvalue weighted by molar-refractivity contribution is -0.133. The Morgan fingerprint density at radius 3 is 2.86 bits per heavy atom. The fourth-order valence-corrected chi connectivity index (χ4v) is 4.37. The third-order valence-corrected chi connectivity index (χ3v) is 5.96. The molecule has 2 N–H and O–H groups in total. The number of nitrogens with one attached hydrogen (secondary N) is 2. The van der Waals surface area contributed by atoms with E-state index in [1.165, 1.54) is 0 Å². The van der Waals surface area contributed by atoms with E-state index in [1.54, 1.807) is 0 Å². The van der Waals surface area contributed by atoms with E-state index in [2.05, 4.69) is 31.5 Å². The average molecular weight is 383 g/mol. The number of nitrogens with zero attached hydrogens (tertiary/aromatic N) is 4. The molecule has 0 spiro atoms. The van der Waals surface area contributed by atoms with Crippen LogP contribution in [0, 0.1) is 0 Å². The van der Waals surface area contributed by atoms with Gasteiger partial charge in [-0.25, -0.2) is 4.98 Å². The summed E-state index contributed by atoms with van der Waals surface area (Å²) in [5, 5.41) is 10.8. The molecule has 2 aromatic heterocycles. The Morgan fingerprint density at radius 1 is 1.18 bits per heavy atom. The number of carbonyl (C=O) groups is 1. The maximum atomic E-state index is 13.2. The summed E-state index contributed by atoms with van der Waals surface area (Å²) in [5.41, 5.74) is 3.31. The van der Waals surface area contributed by atoms with Crippen LogP contribution in [0.4, 0.5) is 11.5 Å². The van der Waals surface area contributed by atoms with Crippen molar-refractivity contribution in [3.8, 4) is 0 Å². The molecule has 1 aliphatic heterocycles. The predicted octanol–water partition coefficient (Wildman–Crippen LogP) is 2.78. The number of amides is 1. The topological polar surface area (TPSA) is 77.1 Å². The number of H-pyrrole nitrogens is 1. The van der Waals surface area contributed by atoms with Gasteiger partial charge in [0.15, 0.2) is 0 Å². The zero-order chi connectivity index (χ0) is 19.5. The average Bonchev–Trinajstić information content (AvgIpc) is 3.07. The van der Waals surface area contributed by atoms with Gasteiger partial charge in [-0.1, -0.05) is 0 Å². The smallest absolute Gasteiger partial charge is 0.230 e. The van der Waals surface area contributed by atoms with Gasteiger partial charge in [-0.05, 0) is 50.7 Å². The van der Waals surface area contributed by atoms with Crippen molar-refractivity contribution in [3.63, 3.8) is 0 Å². The van der Waals surface area contributed by atoms with Crippen LogP contribution in [0.5, 0.6) is 0 Å². The van der Waals surface area contributed by atoms with Crippen LogP contribution in [-0.4, -0.2) is 59.2 Å². The molecule has 28 heavy (non-hydrogen) atoms. The van der Waals surface area contributed by atoms with Crippen LogP contribution in [0.15, 0.2) is 24.5 Å². The molecule has 1 aliphatic carbocycles. The molecule has 1 saturated heterocycles. The zero-order valence-electron chi connectivity index (χ0n) is 16.8. The van der Waals surface area contributed by atoms with Crippen molar-refractivity contribution in [2.24, 2.45) is 0 Å². The second kappa shape index (κ2) is 8.20. The summed E-state index contributed by atoms with van der Waals surface area (Å²) in [4.78, 5) is 21.7. The van der Waals surface area contributed by atoms with E-state index in [-0.39, 0.29) is 11.8 Å². The molecule has 3 heterocycles. The molecule has 2 atom stereocenters. The SMILES string of the molecule is CN(C)c1ccc(NC2CCCN(C(=O)C3CCCc4[nH]ncc43)CC2)cn1. The minimum absolute atomic E-state index is 0.0187. The van der Waals surface area contributed by atoms with E-state index < -0.39 is 0 Å². The highest BCUT2D eigenvalue weighted by atomic mass is 16.2. The van der Waals surface area contributed by atoms with Gasteiger partial charge in [0.05, 0.1) is 24.0 Å². The number of likely N-dealkylation sites (tertiary alicyclic amines) is 1. The van der Waals surface area contributed by atoms with Crippen LogP contribution >= 0.6 is 0 Å². The first-order valence-corrected chi connectivity index (χ1v) is 10.3. The van der Waals surface area contributed by atoms with Crippen molar-refractivity contribution in [2.45, 2.75) is 50.5 Å². The van der Waals surface area contributed by atoms with E-state index in [0.29, 0.717) is 6.04 Å². The van der Waals surface area contributed by atoms with Gasteiger partial charge in [0.25, 0.3) is 0 Å². The van der Waals surface area contributed by atoms with Gasteiger partial charge in [0.1, 0.15) is 5.82 Å². The van der Waals surface area contributed by atoms with E-state index in [4.69, 9.17) is 0 Å². The number of hydrogen-bond acceptors (Lipinski definition) is 5. The van der Waals surface area contributed by atoms with Crippen molar-refractivity contribution in [2.75, 3.05) is 37.4 Å². The Morgan fingerprint density at radius 2 is 2.07 bits per heavy atom. The maximum Gasteiger partial charge on any atom is 0.230 e. The van der Waals surface area contributed by atoms with Gasteiger partial charge in [-0.15, -0.1) is 0 Å². The highest BCUT2D eigenvalue weighted by molar-refractivity contribution is 5.84. The molecule has 2 aliphatic rings. The van der Waals surface area contributed by atoms with Gasteiger partial charge in [-0.2, -0.15) is 5.10 Å². The quantitative estimate of drug-likeness (QED) is 0.850. The summed E-state index contributed by atoms with van der Waals surface area (Å²) in [6.45, 7) is 1.65. The van der Waals surface area contributed by atoms with Crippen molar-refractivity contribution in [1.29, 1.82) is 0 Å². The highest BCUT2D eigenvalue weighted by Crippen LogP contribution is 2.32. The first kappa shape index (κ1) is 18.8. The van der Waals surface area contributed by atoms with Crippen LogP contribution in [-0.2, 0) is 11.2 Å². The molecule has 2 aromatic rings. The lowest BCUT2D eigenvalue weighted by atomic mass is 9.86. The first-order valence-electron chi connectivity index (χ1n) is 10.3. The van der Waals surface area contributed by atoms with Crippen molar-refractivity contribution < 1.29 is 4.79 Å². The summed E-state index contributed by atoms with van der Waals surface area (Å²) in [7, 11) is 3.98. The Labute approximate surface area is 166 Å². The van der Waals surface area contributed by atoms with Gasteiger partial charge >= 0.3 is 0 Å². The third-order valence-electron chi connectivity index (χ3n) is 5.96. The first-order chi connectivity index (χ1) is 13.6. The normalized spacial score (nSPS) is 22.3. The number of anilines is 2. The second-order valence-corrected chi connectivity index (χ2v) is 8.15. The van der Waals surface area contributed by atoms with Crippen molar-refractivity contribution in [3.05, 3.63) is 35.8 Å².